The van der Waals surface area contributed by atoms with Gasteiger partial charge in [0.05, 0.1) is 10.5 Å². The number of ether oxygens (including phenoxy) is 1. The molecular formula is C13H6F2N2O3. The number of hydrogen-bond acceptors (Lipinski definition) is 4. The smallest absolute Gasteiger partial charge is 0.311 e. The maximum atomic E-state index is 13.1. The molecule has 7 heteroatoms. The van der Waals surface area contributed by atoms with Crippen molar-refractivity contribution in [3.63, 3.8) is 0 Å². The lowest BCUT2D eigenvalue weighted by Gasteiger charge is -2.07. The van der Waals surface area contributed by atoms with Crippen LogP contribution in [0.1, 0.15) is 5.56 Å². The summed E-state index contributed by atoms with van der Waals surface area (Å²) in [6.45, 7) is 0. The fourth-order valence-electron chi connectivity index (χ4n) is 1.52. The fourth-order valence-corrected chi connectivity index (χ4v) is 1.52. The van der Waals surface area contributed by atoms with Crippen molar-refractivity contribution in [3.8, 4) is 17.6 Å². The van der Waals surface area contributed by atoms with Gasteiger partial charge in [-0.25, -0.2) is 8.78 Å². The zero-order chi connectivity index (χ0) is 14.7. The summed E-state index contributed by atoms with van der Waals surface area (Å²) in [5.74, 6) is -1.84. The Morgan fingerprint density at radius 1 is 1.10 bits per heavy atom. The van der Waals surface area contributed by atoms with Crippen LogP contribution in [0.4, 0.5) is 14.5 Å². The number of hydrogen-bond donors (Lipinski definition) is 0. The summed E-state index contributed by atoms with van der Waals surface area (Å²) >= 11 is 0. The predicted octanol–water partition coefficient (Wildman–Crippen LogP) is 3.54. The van der Waals surface area contributed by atoms with Gasteiger partial charge in [0.2, 0.25) is 5.75 Å². The van der Waals surface area contributed by atoms with Crippen LogP contribution in [0.25, 0.3) is 0 Å². The van der Waals surface area contributed by atoms with E-state index in [1.807, 2.05) is 0 Å². The minimum absolute atomic E-state index is 0.0948. The van der Waals surface area contributed by atoms with Crippen molar-refractivity contribution >= 4 is 5.69 Å². The van der Waals surface area contributed by atoms with E-state index in [4.69, 9.17) is 10.00 Å². The number of benzene rings is 2. The van der Waals surface area contributed by atoms with Crippen molar-refractivity contribution in [3.05, 3.63) is 63.7 Å². The molecule has 2 aromatic rings. The minimum Gasteiger partial charge on any atom is -0.449 e. The lowest BCUT2D eigenvalue weighted by atomic mass is 10.2. The largest absolute Gasteiger partial charge is 0.449 e. The second-order valence-electron chi connectivity index (χ2n) is 3.72. The number of halogens is 2. The summed E-state index contributed by atoms with van der Waals surface area (Å²) in [6.07, 6.45) is 0. The highest BCUT2D eigenvalue weighted by Gasteiger charge is 2.18. The third-order valence-electron chi connectivity index (χ3n) is 2.40. The Morgan fingerprint density at radius 3 is 2.40 bits per heavy atom. The van der Waals surface area contributed by atoms with Gasteiger partial charge in [0.25, 0.3) is 0 Å². The summed E-state index contributed by atoms with van der Waals surface area (Å²) in [4.78, 5) is 10.1. The molecule has 0 saturated carbocycles. The zero-order valence-corrected chi connectivity index (χ0v) is 9.84. The van der Waals surface area contributed by atoms with Gasteiger partial charge >= 0.3 is 5.69 Å². The van der Waals surface area contributed by atoms with Crippen molar-refractivity contribution < 1.29 is 18.4 Å². The molecule has 0 heterocycles. The lowest BCUT2D eigenvalue weighted by Crippen LogP contribution is -1.96. The molecule has 2 aromatic carbocycles. The molecule has 100 valence electrons. The maximum absolute atomic E-state index is 13.1. The molecule has 0 spiro atoms. The molecule has 0 amide bonds. The van der Waals surface area contributed by atoms with E-state index in [1.54, 1.807) is 6.07 Å². The van der Waals surface area contributed by atoms with Crippen LogP contribution in [0.5, 0.6) is 11.5 Å². The molecule has 0 aliphatic carbocycles. The van der Waals surface area contributed by atoms with Crippen LogP contribution >= 0.6 is 0 Å². The summed E-state index contributed by atoms with van der Waals surface area (Å²) in [5.41, 5.74) is -0.608. The van der Waals surface area contributed by atoms with Gasteiger partial charge in [-0.15, -0.1) is 0 Å². The van der Waals surface area contributed by atoms with Gasteiger partial charge in [-0.2, -0.15) is 5.26 Å². The first-order valence-corrected chi connectivity index (χ1v) is 5.32. The maximum Gasteiger partial charge on any atom is 0.311 e. The van der Waals surface area contributed by atoms with Gasteiger partial charge in [0, 0.05) is 12.1 Å². The minimum atomic E-state index is -0.746. The first kappa shape index (κ1) is 13.4. The van der Waals surface area contributed by atoms with Crippen LogP contribution in [-0.4, -0.2) is 4.92 Å². The van der Waals surface area contributed by atoms with Crippen LogP contribution in [0.15, 0.2) is 36.4 Å². The molecule has 2 rings (SSSR count). The third-order valence-corrected chi connectivity index (χ3v) is 2.40. The van der Waals surface area contributed by atoms with Gasteiger partial charge in [0.15, 0.2) is 0 Å². The van der Waals surface area contributed by atoms with Crippen LogP contribution in [0.2, 0.25) is 0 Å². The van der Waals surface area contributed by atoms with Crippen LogP contribution in [-0.2, 0) is 0 Å². The van der Waals surface area contributed by atoms with E-state index in [0.717, 1.165) is 36.4 Å². The van der Waals surface area contributed by atoms with Crippen molar-refractivity contribution in [1.29, 1.82) is 5.26 Å². The number of nitriles is 1. The van der Waals surface area contributed by atoms with E-state index in [2.05, 4.69) is 0 Å². The second kappa shape index (κ2) is 5.32. The highest BCUT2D eigenvalue weighted by atomic mass is 19.1. The van der Waals surface area contributed by atoms with Crippen LogP contribution in [0.3, 0.4) is 0 Å². The highest BCUT2D eigenvalue weighted by Crippen LogP contribution is 2.33. The van der Waals surface area contributed by atoms with E-state index in [-0.39, 0.29) is 17.1 Å². The van der Waals surface area contributed by atoms with Gasteiger partial charge in [0.1, 0.15) is 23.5 Å². The molecule has 5 nitrogen and oxygen atoms in total. The molecule has 0 fully saturated rings. The number of rotatable bonds is 3. The predicted molar refractivity (Wildman–Crippen MR) is 64.2 cm³/mol. The molecule has 20 heavy (non-hydrogen) atoms. The molecule has 0 saturated heterocycles. The fraction of sp³-hybridized carbons (Fsp3) is 0. The van der Waals surface area contributed by atoms with Gasteiger partial charge < -0.3 is 4.74 Å². The summed E-state index contributed by atoms with van der Waals surface area (Å²) in [5, 5.41) is 19.7. The Kier molecular flexibility index (Phi) is 3.57. The molecule has 0 aliphatic rings. The molecule has 0 unspecified atom stereocenters. The Balaban J connectivity index is 2.47. The van der Waals surface area contributed by atoms with Crippen molar-refractivity contribution in [2.45, 2.75) is 0 Å². The average molecular weight is 276 g/mol. The van der Waals surface area contributed by atoms with Crippen LogP contribution < -0.4 is 4.74 Å². The summed E-state index contributed by atoms with van der Waals surface area (Å²) < 4.78 is 31.3. The van der Waals surface area contributed by atoms with Gasteiger partial charge in [-0.1, -0.05) is 0 Å². The highest BCUT2D eigenvalue weighted by molar-refractivity contribution is 5.51. The SMILES string of the molecule is N#Cc1cc(F)ccc1Oc1cc(F)ccc1[N+](=O)[O-]. The second-order valence-corrected chi connectivity index (χ2v) is 3.72. The number of nitro benzene ring substituents is 1. The Morgan fingerprint density at radius 2 is 1.75 bits per heavy atom. The lowest BCUT2D eigenvalue weighted by molar-refractivity contribution is -0.385. The zero-order valence-electron chi connectivity index (χ0n) is 9.84. The Bertz CT molecular complexity index is 726. The van der Waals surface area contributed by atoms with Crippen molar-refractivity contribution in [2.75, 3.05) is 0 Å². The molecule has 0 N–H and O–H groups in total. The monoisotopic (exact) mass is 276 g/mol. The standard InChI is InChI=1S/C13H6F2N2O3/c14-9-2-4-12(8(5-9)7-16)20-13-6-10(15)1-3-11(13)17(18)19/h1-6H. The van der Waals surface area contributed by atoms with Gasteiger partial charge in [-0.05, 0) is 24.3 Å². The van der Waals surface area contributed by atoms with E-state index in [9.17, 15) is 18.9 Å². The quantitative estimate of drug-likeness (QED) is 0.634. The van der Waals surface area contributed by atoms with E-state index in [1.165, 1.54) is 0 Å². The normalized spacial score (nSPS) is 9.85. The van der Waals surface area contributed by atoms with Crippen molar-refractivity contribution in [2.24, 2.45) is 0 Å². The first-order chi connectivity index (χ1) is 9.51. The third kappa shape index (κ3) is 2.70. The van der Waals surface area contributed by atoms with Gasteiger partial charge in [-0.3, -0.25) is 10.1 Å². The van der Waals surface area contributed by atoms with E-state index < -0.39 is 22.2 Å². The van der Waals surface area contributed by atoms with Crippen molar-refractivity contribution in [1.82, 2.24) is 0 Å². The molecular weight excluding hydrogens is 270 g/mol. The van der Waals surface area contributed by atoms with Crippen LogP contribution in [0, 0.1) is 33.1 Å². The van der Waals surface area contributed by atoms with E-state index >= 15 is 0 Å². The Labute approximate surface area is 111 Å². The molecule has 0 bridgehead atoms. The summed E-state index contributed by atoms with van der Waals surface area (Å²) in [6, 6.07) is 7.46. The molecule has 0 aliphatic heterocycles. The molecule has 0 atom stereocenters. The number of nitro groups is 1. The Hall–Kier alpha value is -3.01. The number of nitrogens with zero attached hydrogens (tertiary/aromatic N) is 2. The first-order valence-electron chi connectivity index (χ1n) is 5.32. The average Bonchev–Trinajstić information content (AvgIpc) is 2.40. The molecule has 0 radical (unpaired) electrons. The van der Waals surface area contributed by atoms with E-state index in [0.29, 0.717) is 0 Å². The summed E-state index contributed by atoms with van der Waals surface area (Å²) in [7, 11) is 0. The topological polar surface area (TPSA) is 76.2 Å². The molecule has 0 aromatic heterocycles.